The summed E-state index contributed by atoms with van der Waals surface area (Å²) in [7, 11) is 1.94. The minimum atomic E-state index is 0.475. The Bertz CT molecular complexity index is 450. The number of rotatable bonds is 5. The van der Waals surface area contributed by atoms with Gasteiger partial charge in [-0.3, -0.25) is 4.68 Å². The van der Waals surface area contributed by atoms with Gasteiger partial charge in [0.1, 0.15) is 0 Å². The molecule has 1 aromatic heterocycles. The lowest BCUT2D eigenvalue weighted by Crippen LogP contribution is -2.09. The van der Waals surface area contributed by atoms with Crippen molar-refractivity contribution in [1.29, 1.82) is 0 Å². The van der Waals surface area contributed by atoms with Crippen LogP contribution >= 0.6 is 11.6 Å². The zero-order valence-corrected chi connectivity index (χ0v) is 10.8. The number of aryl methyl sites for hydroxylation is 1. The topological polar surface area (TPSA) is 17.8 Å². The maximum atomic E-state index is 6.05. The Balaban J connectivity index is 1.98. The summed E-state index contributed by atoms with van der Waals surface area (Å²) in [6.07, 6.45) is 6.00. The third-order valence-electron chi connectivity index (χ3n) is 2.87. The summed E-state index contributed by atoms with van der Waals surface area (Å²) in [5.41, 5.74) is 2.61. The van der Waals surface area contributed by atoms with Gasteiger partial charge in [0.2, 0.25) is 0 Å². The van der Waals surface area contributed by atoms with Crippen LogP contribution in [0.5, 0.6) is 0 Å². The van der Waals surface area contributed by atoms with E-state index in [9.17, 15) is 0 Å². The zero-order valence-electron chi connectivity index (χ0n) is 10.0. The van der Waals surface area contributed by atoms with Gasteiger partial charge in [0, 0.05) is 19.1 Å². The smallest absolute Gasteiger partial charge is 0.0521 e. The van der Waals surface area contributed by atoms with Gasteiger partial charge in [0.05, 0.1) is 6.20 Å². The predicted molar refractivity (Wildman–Crippen MR) is 71.3 cm³/mol. The van der Waals surface area contributed by atoms with Crippen molar-refractivity contribution in [3.63, 3.8) is 0 Å². The van der Waals surface area contributed by atoms with E-state index >= 15 is 0 Å². The molecule has 1 heterocycles. The summed E-state index contributed by atoms with van der Waals surface area (Å²) < 4.78 is 1.84. The second-order valence-corrected chi connectivity index (χ2v) is 4.75. The van der Waals surface area contributed by atoms with Gasteiger partial charge < -0.3 is 0 Å². The van der Waals surface area contributed by atoms with Crippen LogP contribution in [0.25, 0.3) is 0 Å². The Morgan fingerprint density at radius 1 is 1.18 bits per heavy atom. The lowest BCUT2D eigenvalue weighted by atomic mass is 9.95. The molecule has 3 heteroatoms. The molecule has 0 N–H and O–H groups in total. The molecule has 0 saturated carbocycles. The Hall–Kier alpha value is -1.28. The maximum absolute atomic E-state index is 6.05. The lowest BCUT2D eigenvalue weighted by Gasteiger charge is -2.12. The minimum Gasteiger partial charge on any atom is -0.276 e. The van der Waals surface area contributed by atoms with Gasteiger partial charge in [-0.1, -0.05) is 30.3 Å². The molecular formula is C14H17ClN2. The average molecular weight is 249 g/mol. The van der Waals surface area contributed by atoms with Crippen LogP contribution < -0.4 is 0 Å². The van der Waals surface area contributed by atoms with Crippen molar-refractivity contribution in [2.24, 2.45) is 13.0 Å². The average Bonchev–Trinajstić information content (AvgIpc) is 2.75. The van der Waals surface area contributed by atoms with Crippen molar-refractivity contribution in [1.82, 2.24) is 9.78 Å². The Labute approximate surface area is 107 Å². The maximum Gasteiger partial charge on any atom is 0.0521 e. The molecule has 1 atom stereocenters. The van der Waals surface area contributed by atoms with Crippen LogP contribution in [-0.4, -0.2) is 15.7 Å². The van der Waals surface area contributed by atoms with Gasteiger partial charge in [0.15, 0.2) is 0 Å². The number of hydrogen-bond acceptors (Lipinski definition) is 1. The molecule has 90 valence electrons. The SMILES string of the molecule is Cn1cc(CC(CCl)Cc2ccccc2)cn1. The first-order chi connectivity index (χ1) is 8.28. The molecule has 2 rings (SSSR count). The Kier molecular flexibility index (Phi) is 4.21. The second kappa shape index (κ2) is 5.87. The highest BCUT2D eigenvalue weighted by molar-refractivity contribution is 6.18. The van der Waals surface area contributed by atoms with Crippen molar-refractivity contribution < 1.29 is 0 Å². The molecule has 0 bridgehead atoms. The molecule has 0 amide bonds. The molecule has 0 fully saturated rings. The monoisotopic (exact) mass is 248 g/mol. The molecular weight excluding hydrogens is 232 g/mol. The summed E-state index contributed by atoms with van der Waals surface area (Å²) in [4.78, 5) is 0. The van der Waals surface area contributed by atoms with E-state index in [1.165, 1.54) is 11.1 Å². The third-order valence-corrected chi connectivity index (χ3v) is 3.30. The van der Waals surface area contributed by atoms with Crippen LogP contribution in [0, 0.1) is 5.92 Å². The number of aromatic nitrogens is 2. The highest BCUT2D eigenvalue weighted by Gasteiger charge is 2.10. The molecule has 0 saturated heterocycles. The minimum absolute atomic E-state index is 0.475. The van der Waals surface area contributed by atoms with Crippen LogP contribution in [0.1, 0.15) is 11.1 Å². The first kappa shape index (κ1) is 12.2. The van der Waals surface area contributed by atoms with E-state index in [0.29, 0.717) is 11.8 Å². The highest BCUT2D eigenvalue weighted by Crippen LogP contribution is 2.15. The van der Waals surface area contributed by atoms with Crippen molar-refractivity contribution in [2.45, 2.75) is 12.8 Å². The zero-order chi connectivity index (χ0) is 12.1. The van der Waals surface area contributed by atoms with E-state index in [1.54, 1.807) is 0 Å². The molecule has 2 nitrogen and oxygen atoms in total. The van der Waals surface area contributed by atoms with Gasteiger partial charge >= 0.3 is 0 Å². The van der Waals surface area contributed by atoms with Crippen LogP contribution in [0.4, 0.5) is 0 Å². The van der Waals surface area contributed by atoms with Gasteiger partial charge in [-0.05, 0) is 29.9 Å². The number of benzene rings is 1. The summed E-state index contributed by atoms with van der Waals surface area (Å²) in [5, 5.41) is 4.18. The molecule has 1 aromatic carbocycles. The van der Waals surface area contributed by atoms with Crippen molar-refractivity contribution in [2.75, 3.05) is 5.88 Å². The number of halogens is 1. The van der Waals surface area contributed by atoms with E-state index in [2.05, 4.69) is 35.6 Å². The van der Waals surface area contributed by atoms with E-state index in [-0.39, 0.29) is 0 Å². The molecule has 1 unspecified atom stereocenters. The van der Waals surface area contributed by atoms with Crippen LogP contribution in [0.2, 0.25) is 0 Å². The number of alkyl halides is 1. The fourth-order valence-electron chi connectivity index (χ4n) is 2.04. The van der Waals surface area contributed by atoms with Gasteiger partial charge in [-0.2, -0.15) is 5.10 Å². The van der Waals surface area contributed by atoms with E-state index < -0.39 is 0 Å². The van der Waals surface area contributed by atoms with E-state index in [0.717, 1.165) is 12.8 Å². The van der Waals surface area contributed by atoms with Crippen LogP contribution in [-0.2, 0) is 19.9 Å². The first-order valence-electron chi connectivity index (χ1n) is 5.85. The van der Waals surface area contributed by atoms with Crippen molar-refractivity contribution in [3.05, 3.63) is 53.9 Å². The highest BCUT2D eigenvalue weighted by atomic mass is 35.5. The van der Waals surface area contributed by atoms with Gasteiger partial charge in [0.25, 0.3) is 0 Å². The van der Waals surface area contributed by atoms with Gasteiger partial charge in [-0.15, -0.1) is 11.6 Å². The Morgan fingerprint density at radius 2 is 1.88 bits per heavy atom. The fraction of sp³-hybridized carbons (Fsp3) is 0.357. The van der Waals surface area contributed by atoms with Crippen molar-refractivity contribution >= 4 is 11.6 Å². The molecule has 17 heavy (non-hydrogen) atoms. The summed E-state index contributed by atoms with van der Waals surface area (Å²) in [5.74, 6) is 1.16. The molecule has 0 aliphatic rings. The van der Waals surface area contributed by atoms with Crippen LogP contribution in [0.15, 0.2) is 42.7 Å². The van der Waals surface area contributed by atoms with Crippen LogP contribution in [0.3, 0.4) is 0 Å². The molecule has 0 radical (unpaired) electrons. The Morgan fingerprint density at radius 3 is 2.47 bits per heavy atom. The van der Waals surface area contributed by atoms with Gasteiger partial charge in [-0.25, -0.2) is 0 Å². The normalized spacial score (nSPS) is 12.6. The second-order valence-electron chi connectivity index (χ2n) is 4.44. The largest absolute Gasteiger partial charge is 0.276 e. The quantitative estimate of drug-likeness (QED) is 0.744. The number of nitrogens with zero attached hydrogens (tertiary/aromatic N) is 2. The molecule has 0 aliphatic heterocycles. The number of hydrogen-bond donors (Lipinski definition) is 0. The lowest BCUT2D eigenvalue weighted by molar-refractivity contribution is 0.583. The van der Waals surface area contributed by atoms with E-state index in [4.69, 9.17) is 11.6 Å². The standard InChI is InChI=1S/C14H17ClN2/c1-17-11-14(10-16-17)8-13(9-15)7-12-5-3-2-4-6-12/h2-6,10-11,13H,7-9H2,1H3. The first-order valence-corrected chi connectivity index (χ1v) is 6.39. The summed E-state index contributed by atoms with van der Waals surface area (Å²) in [6, 6.07) is 10.5. The molecule has 2 aromatic rings. The summed E-state index contributed by atoms with van der Waals surface area (Å²) >= 11 is 6.05. The molecule has 0 aliphatic carbocycles. The fourth-order valence-corrected chi connectivity index (χ4v) is 2.26. The van der Waals surface area contributed by atoms with Crippen molar-refractivity contribution in [3.8, 4) is 0 Å². The molecule has 0 spiro atoms. The predicted octanol–water partition coefficient (Wildman–Crippen LogP) is 3.06. The summed E-state index contributed by atoms with van der Waals surface area (Å²) in [6.45, 7) is 0. The van der Waals surface area contributed by atoms with E-state index in [1.807, 2.05) is 24.0 Å². The third kappa shape index (κ3) is 3.60.